The monoisotopic (exact) mass is 189 g/mol. The third-order valence-electron chi connectivity index (χ3n) is 2.29. The summed E-state index contributed by atoms with van der Waals surface area (Å²) < 4.78 is 2.06. The van der Waals surface area contributed by atoms with Crippen LogP contribution >= 0.6 is 0 Å². The molecule has 0 atom stereocenters. The molecule has 0 saturated carbocycles. The number of aryl methyl sites for hydroxylation is 1. The van der Waals surface area contributed by atoms with E-state index in [9.17, 15) is 0 Å². The predicted octanol–water partition coefficient (Wildman–Crippen LogP) is 2.34. The Morgan fingerprint density at radius 2 is 2.00 bits per heavy atom. The molecule has 2 aromatic rings. The van der Waals surface area contributed by atoms with Gasteiger partial charge in [-0.25, -0.2) is 9.97 Å². The maximum atomic E-state index is 4.43. The van der Waals surface area contributed by atoms with Gasteiger partial charge < -0.3 is 0 Å². The molecule has 0 spiro atoms. The number of fused-ring (bicyclic) bond motifs is 1. The molecule has 0 aliphatic carbocycles. The average Bonchev–Trinajstić information content (AvgIpc) is 2.38. The molecule has 3 heteroatoms. The number of imidazole rings is 1. The quantitative estimate of drug-likeness (QED) is 0.636. The highest BCUT2D eigenvalue weighted by Crippen LogP contribution is 2.25. The van der Waals surface area contributed by atoms with Crippen LogP contribution in [-0.2, 0) is 5.41 Å². The molecule has 2 rings (SSSR count). The van der Waals surface area contributed by atoms with Gasteiger partial charge >= 0.3 is 0 Å². The molecule has 14 heavy (non-hydrogen) atoms. The first kappa shape index (κ1) is 9.19. The van der Waals surface area contributed by atoms with Gasteiger partial charge in [-0.3, -0.25) is 4.40 Å². The molecule has 2 heterocycles. The van der Waals surface area contributed by atoms with Crippen LogP contribution in [0.1, 0.15) is 32.2 Å². The Labute approximate surface area is 83.8 Å². The van der Waals surface area contributed by atoms with Gasteiger partial charge in [0.05, 0.1) is 11.4 Å². The van der Waals surface area contributed by atoms with Crippen LogP contribution in [0.2, 0.25) is 0 Å². The third-order valence-corrected chi connectivity index (χ3v) is 2.29. The zero-order valence-corrected chi connectivity index (χ0v) is 9.07. The molecule has 0 aliphatic heterocycles. The van der Waals surface area contributed by atoms with E-state index in [1.165, 1.54) is 5.69 Å². The van der Waals surface area contributed by atoms with Crippen molar-refractivity contribution in [2.75, 3.05) is 0 Å². The van der Waals surface area contributed by atoms with Crippen LogP contribution in [0.3, 0.4) is 0 Å². The zero-order valence-electron chi connectivity index (χ0n) is 9.07. The molecule has 0 radical (unpaired) electrons. The normalized spacial score (nSPS) is 12.3. The molecular formula is C11H15N3. The molecule has 2 aromatic heterocycles. The van der Waals surface area contributed by atoms with E-state index in [0.717, 1.165) is 11.5 Å². The Balaban J connectivity index is 2.81. The van der Waals surface area contributed by atoms with Crippen molar-refractivity contribution >= 4 is 5.78 Å². The van der Waals surface area contributed by atoms with E-state index < -0.39 is 0 Å². The van der Waals surface area contributed by atoms with Gasteiger partial charge in [0, 0.05) is 17.8 Å². The number of hydrogen-bond donors (Lipinski definition) is 0. The number of rotatable bonds is 0. The SMILES string of the molecule is Cc1nc2ncccn2c1C(C)(C)C. The highest BCUT2D eigenvalue weighted by atomic mass is 15.1. The fourth-order valence-corrected chi connectivity index (χ4v) is 1.90. The molecule has 0 unspecified atom stereocenters. The zero-order chi connectivity index (χ0) is 10.3. The minimum absolute atomic E-state index is 0.104. The van der Waals surface area contributed by atoms with E-state index >= 15 is 0 Å². The molecular weight excluding hydrogens is 174 g/mol. The van der Waals surface area contributed by atoms with Gasteiger partial charge in [-0.15, -0.1) is 0 Å². The van der Waals surface area contributed by atoms with Crippen molar-refractivity contribution in [2.24, 2.45) is 0 Å². The highest BCUT2D eigenvalue weighted by molar-refractivity contribution is 5.37. The van der Waals surface area contributed by atoms with Crippen LogP contribution in [0.25, 0.3) is 5.78 Å². The van der Waals surface area contributed by atoms with E-state index in [1.807, 2.05) is 19.2 Å². The number of nitrogens with zero attached hydrogens (tertiary/aromatic N) is 3. The minimum atomic E-state index is 0.104. The summed E-state index contributed by atoms with van der Waals surface area (Å²) in [6.07, 6.45) is 3.79. The summed E-state index contributed by atoms with van der Waals surface area (Å²) >= 11 is 0. The van der Waals surface area contributed by atoms with Crippen molar-refractivity contribution in [2.45, 2.75) is 33.1 Å². The second kappa shape index (κ2) is 2.80. The molecule has 0 amide bonds. The second-order valence-corrected chi connectivity index (χ2v) is 4.59. The Hall–Kier alpha value is -1.38. The van der Waals surface area contributed by atoms with Crippen LogP contribution < -0.4 is 0 Å². The molecule has 0 fully saturated rings. The lowest BCUT2D eigenvalue weighted by Crippen LogP contribution is -2.15. The van der Waals surface area contributed by atoms with Crippen molar-refractivity contribution in [3.63, 3.8) is 0 Å². The first-order valence-electron chi connectivity index (χ1n) is 4.80. The van der Waals surface area contributed by atoms with Crippen LogP contribution in [0.5, 0.6) is 0 Å². The number of aromatic nitrogens is 3. The molecule has 0 bridgehead atoms. The van der Waals surface area contributed by atoms with Gasteiger partial charge in [0.25, 0.3) is 0 Å². The molecule has 74 valence electrons. The van der Waals surface area contributed by atoms with Crippen LogP contribution in [0.4, 0.5) is 0 Å². The first-order valence-corrected chi connectivity index (χ1v) is 4.80. The standard InChI is InChI=1S/C11H15N3/c1-8-9(11(2,3)4)14-7-5-6-12-10(14)13-8/h5-7H,1-4H3. The predicted molar refractivity (Wildman–Crippen MR) is 56.4 cm³/mol. The van der Waals surface area contributed by atoms with Gasteiger partial charge in [-0.05, 0) is 13.0 Å². The maximum Gasteiger partial charge on any atom is 0.234 e. The summed E-state index contributed by atoms with van der Waals surface area (Å²) in [5.41, 5.74) is 2.41. The molecule has 3 nitrogen and oxygen atoms in total. The summed E-state index contributed by atoms with van der Waals surface area (Å²) in [6.45, 7) is 8.61. The summed E-state index contributed by atoms with van der Waals surface area (Å²) in [5, 5.41) is 0. The Morgan fingerprint density at radius 1 is 1.29 bits per heavy atom. The van der Waals surface area contributed by atoms with Crippen molar-refractivity contribution in [3.8, 4) is 0 Å². The Kier molecular flexibility index (Phi) is 1.84. The van der Waals surface area contributed by atoms with E-state index in [4.69, 9.17) is 0 Å². The third kappa shape index (κ3) is 1.29. The average molecular weight is 189 g/mol. The van der Waals surface area contributed by atoms with Gasteiger partial charge in [0.2, 0.25) is 5.78 Å². The largest absolute Gasteiger partial charge is 0.287 e. The molecule has 0 N–H and O–H groups in total. The lowest BCUT2D eigenvalue weighted by atomic mass is 9.91. The summed E-state index contributed by atoms with van der Waals surface area (Å²) in [5.74, 6) is 0.787. The van der Waals surface area contributed by atoms with Crippen molar-refractivity contribution in [1.29, 1.82) is 0 Å². The van der Waals surface area contributed by atoms with Crippen molar-refractivity contribution in [3.05, 3.63) is 29.8 Å². The summed E-state index contributed by atoms with van der Waals surface area (Å²) in [4.78, 5) is 8.66. The number of hydrogen-bond acceptors (Lipinski definition) is 2. The van der Waals surface area contributed by atoms with E-state index in [2.05, 4.69) is 35.1 Å². The Morgan fingerprint density at radius 3 is 2.64 bits per heavy atom. The van der Waals surface area contributed by atoms with Crippen molar-refractivity contribution in [1.82, 2.24) is 14.4 Å². The lowest BCUT2D eigenvalue weighted by Gasteiger charge is -2.18. The molecule has 0 aromatic carbocycles. The van der Waals surface area contributed by atoms with Gasteiger partial charge in [0.15, 0.2) is 0 Å². The maximum absolute atomic E-state index is 4.43. The van der Waals surface area contributed by atoms with Crippen LogP contribution in [-0.4, -0.2) is 14.4 Å². The topological polar surface area (TPSA) is 30.2 Å². The summed E-state index contributed by atoms with van der Waals surface area (Å²) in [6, 6.07) is 1.93. The van der Waals surface area contributed by atoms with Crippen molar-refractivity contribution < 1.29 is 0 Å². The molecule has 0 saturated heterocycles. The lowest BCUT2D eigenvalue weighted by molar-refractivity contribution is 0.558. The smallest absolute Gasteiger partial charge is 0.234 e. The van der Waals surface area contributed by atoms with Gasteiger partial charge in [0.1, 0.15) is 0 Å². The van der Waals surface area contributed by atoms with Crippen LogP contribution in [0, 0.1) is 6.92 Å². The molecule has 0 aliphatic rings. The summed E-state index contributed by atoms with van der Waals surface area (Å²) in [7, 11) is 0. The van der Waals surface area contributed by atoms with Gasteiger partial charge in [-0.1, -0.05) is 20.8 Å². The fourth-order valence-electron chi connectivity index (χ4n) is 1.90. The fraction of sp³-hybridized carbons (Fsp3) is 0.455. The van der Waals surface area contributed by atoms with E-state index in [0.29, 0.717) is 0 Å². The second-order valence-electron chi connectivity index (χ2n) is 4.59. The van der Waals surface area contributed by atoms with E-state index in [-0.39, 0.29) is 5.41 Å². The van der Waals surface area contributed by atoms with Crippen LogP contribution in [0.15, 0.2) is 18.5 Å². The van der Waals surface area contributed by atoms with E-state index in [1.54, 1.807) is 6.20 Å². The Bertz CT molecular complexity index is 463. The van der Waals surface area contributed by atoms with Gasteiger partial charge in [-0.2, -0.15) is 0 Å². The first-order chi connectivity index (χ1) is 6.50. The highest BCUT2D eigenvalue weighted by Gasteiger charge is 2.21. The minimum Gasteiger partial charge on any atom is -0.287 e.